The third kappa shape index (κ3) is 3.60. The van der Waals surface area contributed by atoms with Gasteiger partial charge in [-0.05, 0) is 37.3 Å². The van der Waals surface area contributed by atoms with Crippen molar-refractivity contribution < 1.29 is 9.21 Å². The summed E-state index contributed by atoms with van der Waals surface area (Å²) < 4.78 is 5.25. The summed E-state index contributed by atoms with van der Waals surface area (Å²) in [5.41, 5.74) is 1.19. The van der Waals surface area contributed by atoms with Crippen LogP contribution in [0.2, 0.25) is 0 Å². The van der Waals surface area contributed by atoms with Crippen molar-refractivity contribution in [3.63, 3.8) is 0 Å². The quantitative estimate of drug-likeness (QED) is 0.753. The highest BCUT2D eigenvalue weighted by Crippen LogP contribution is 2.16. The summed E-state index contributed by atoms with van der Waals surface area (Å²) in [6, 6.07) is 14.8. The molecule has 0 aliphatic rings. The van der Waals surface area contributed by atoms with E-state index in [1.165, 1.54) is 0 Å². The van der Waals surface area contributed by atoms with E-state index in [1.54, 1.807) is 23.4 Å². The Morgan fingerprint density at radius 3 is 2.71 bits per heavy atom. The van der Waals surface area contributed by atoms with Crippen molar-refractivity contribution in [2.45, 2.75) is 13.5 Å². The number of nitrogens with zero attached hydrogens (tertiary/aromatic N) is 3. The Kier molecular flexibility index (Phi) is 4.86. The molecule has 0 bridgehead atoms. The van der Waals surface area contributed by atoms with Gasteiger partial charge in [0.05, 0.1) is 12.8 Å². The van der Waals surface area contributed by atoms with Crippen LogP contribution in [0.3, 0.4) is 0 Å². The average Bonchev–Trinajstić information content (AvgIpc) is 3.15. The fourth-order valence-electron chi connectivity index (χ4n) is 2.33. The molecule has 6 heteroatoms. The van der Waals surface area contributed by atoms with Crippen LogP contribution in [0.5, 0.6) is 0 Å². The Balaban J connectivity index is 1.75. The Bertz CT molecular complexity index is 788. The molecule has 1 aromatic carbocycles. The highest BCUT2D eigenvalue weighted by molar-refractivity contribution is 6.04. The van der Waals surface area contributed by atoms with E-state index < -0.39 is 0 Å². The van der Waals surface area contributed by atoms with Crippen LogP contribution >= 0.6 is 0 Å². The second-order valence-corrected chi connectivity index (χ2v) is 5.08. The van der Waals surface area contributed by atoms with E-state index in [0.717, 1.165) is 11.4 Å². The summed E-state index contributed by atoms with van der Waals surface area (Å²) in [6.07, 6.45) is 3.18. The molecule has 0 saturated carbocycles. The largest absolute Gasteiger partial charge is 0.467 e. The molecule has 0 unspecified atom stereocenters. The minimum absolute atomic E-state index is 0.160. The van der Waals surface area contributed by atoms with E-state index in [9.17, 15) is 4.79 Å². The van der Waals surface area contributed by atoms with Gasteiger partial charge < -0.3 is 14.6 Å². The smallest absolute Gasteiger partial charge is 0.277 e. The van der Waals surface area contributed by atoms with Crippen LogP contribution in [-0.4, -0.2) is 22.4 Å². The molecule has 6 nitrogen and oxygen atoms in total. The molecule has 0 atom stereocenters. The Hall–Kier alpha value is -3.15. The number of carbonyl (C=O) groups is 1. The Morgan fingerprint density at radius 2 is 2.00 bits per heavy atom. The van der Waals surface area contributed by atoms with E-state index in [1.807, 2.05) is 49.4 Å². The topological polar surface area (TPSA) is 71.3 Å². The molecular formula is C18H18N4O2. The summed E-state index contributed by atoms with van der Waals surface area (Å²) in [6.45, 7) is 2.95. The number of rotatable bonds is 6. The van der Waals surface area contributed by atoms with Gasteiger partial charge in [-0.1, -0.05) is 18.2 Å². The summed E-state index contributed by atoms with van der Waals surface area (Å²) in [5.74, 6) is 1.00. The third-order valence-corrected chi connectivity index (χ3v) is 3.50. The number of anilines is 2. The number of nitrogens with one attached hydrogen (secondary N) is 1. The van der Waals surface area contributed by atoms with Gasteiger partial charge in [-0.3, -0.25) is 4.79 Å². The highest BCUT2D eigenvalue weighted by Gasteiger charge is 2.17. The number of carbonyl (C=O) groups excluding carboxylic acids is 1. The van der Waals surface area contributed by atoms with Crippen molar-refractivity contribution in [3.05, 3.63) is 72.4 Å². The summed E-state index contributed by atoms with van der Waals surface area (Å²) in [7, 11) is 0. The lowest BCUT2D eigenvalue weighted by molar-refractivity contribution is 0.0983. The van der Waals surface area contributed by atoms with Gasteiger partial charge >= 0.3 is 0 Å². The van der Waals surface area contributed by atoms with Crippen LogP contribution in [0.1, 0.15) is 23.2 Å². The second kappa shape index (κ2) is 7.41. The fourth-order valence-corrected chi connectivity index (χ4v) is 2.33. The van der Waals surface area contributed by atoms with Gasteiger partial charge in [0.1, 0.15) is 11.5 Å². The minimum atomic E-state index is -0.160. The predicted octanol–water partition coefficient (Wildman–Crippen LogP) is 3.35. The fraction of sp³-hybridized carbons (Fsp3) is 0.167. The van der Waals surface area contributed by atoms with Gasteiger partial charge in [-0.15, -0.1) is 0 Å². The molecular weight excluding hydrogens is 304 g/mol. The molecule has 3 rings (SSSR count). The zero-order valence-corrected chi connectivity index (χ0v) is 13.3. The second-order valence-electron chi connectivity index (χ2n) is 5.08. The molecule has 2 aromatic heterocycles. The summed E-state index contributed by atoms with van der Waals surface area (Å²) in [4.78, 5) is 22.9. The van der Waals surface area contributed by atoms with Gasteiger partial charge in [-0.25, -0.2) is 9.97 Å². The molecule has 0 saturated heterocycles. The first-order valence-electron chi connectivity index (χ1n) is 7.74. The molecule has 0 aliphatic heterocycles. The van der Waals surface area contributed by atoms with Gasteiger partial charge in [0.15, 0.2) is 0 Å². The standard InChI is InChI=1S/C18H18N4O2/c1-2-22(14-7-4-3-5-8-14)17(23)16-10-11-19-18(21-16)20-13-15-9-6-12-24-15/h3-12H,2,13H2,1H3,(H,19,20,21). The Morgan fingerprint density at radius 1 is 1.17 bits per heavy atom. The molecule has 3 aromatic rings. The van der Waals surface area contributed by atoms with E-state index in [2.05, 4.69) is 15.3 Å². The first kappa shape index (κ1) is 15.7. The van der Waals surface area contributed by atoms with Crippen molar-refractivity contribution in [1.82, 2.24) is 9.97 Å². The van der Waals surface area contributed by atoms with Crippen LogP contribution in [-0.2, 0) is 6.54 Å². The van der Waals surface area contributed by atoms with E-state index in [0.29, 0.717) is 24.7 Å². The number of furan rings is 1. The lowest BCUT2D eigenvalue weighted by atomic mass is 10.2. The van der Waals surface area contributed by atoms with E-state index >= 15 is 0 Å². The summed E-state index contributed by atoms with van der Waals surface area (Å²) >= 11 is 0. The highest BCUT2D eigenvalue weighted by atomic mass is 16.3. The van der Waals surface area contributed by atoms with Crippen molar-refractivity contribution in [2.24, 2.45) is 0 Å². The number of hydrogen-bond acceptors (Lipinski definition) is 5. The van der Waals surface area contributed by atoms with E-state index in [-0.39, 0.29) is 5.91 Å². The zero-order chi connectivity index (χ0) is 16.8. The monoisotopic (exact) mass is 322 g/mol. The molecule has 0 radical (unpaired) electrons. The number of hydrogen-bond donors (Lipinski definition) is 1. The minimum Gasteiger partial charge on any atom is -0.467 e. The van der Waals surface area contributed by atoms with Gasteiger partial charge in [0.2, 0.25) is 5.95 Å². The zero-order valence-electron chi connectivity index (χ0n) is 13.3. The molecule has 1 amide bonds. The molecule has 1 N–H and O–H groups in total. The maximum atomic E-state index is 12.8. The van der Waals surface area contributed by atoms with Crippen LogP contribution < -0.4 is 10.2 Å². The molecule has 122 valence electrons. The number of aromatic nitrogens is 2. The number of para-hydroxylation sites is 1. The van der Waals surface area contributed by atoms with Crippen LogP contribution in [0.15, 0.2) is 65.4 Å². The van der Waals surface area contributed by atoms with Gasteiger partial charge in [0, 0.05) is 18.4 Å². The Labute approximate surface area is 140 Å². The maximum Gasteiger partial charge on any atom is 0.277 e. The SMILES string of the molecule is CCN(C(=O)c1ccnc(NCc2ccco2)n1)c1ccccc1. The van der Waals surface area contributed by atoms with Crippen LogP contribution in [0.4, 0.5) is 11.6 Å². The van der Waals surface area contributed by atoms with Crippen LogP contribution in [0, 0.1) is 0 Å². The third-order valence-electron chi connectivity index (χ3n) is 3.50. The molecule has 2 heterocycles. The first-order valence-corrected chi connectivity index (χ1v) is 7.74. The summed E-state index contributed by atoms with van der Waals surface area (Å²) in [5, 5.41) is 3.05. The van der Waals surface area contributed by atoms with Crippen molar-refractivity contribution in [3.8, 4) is 0 Å². The van der Waals surface area contributed by atoms with Crippen molar-refractivity contribution in [2.75, 3.05) is 16.8 Å². The number of amides is 1. The van der Waals surface area contributed by atoms with Crippen molar-refractivity contribution in [1.29, 1.82) is 0 Å². The molecule has 0 aliphatic carbocycles. The lowest BCUT2D eigenvalue weighted by Gasteiger charge is -2.20. The first-order chi connectivity index (χ1) is 11.8. The number of benzene rings is 1. The predicted molar refractivity (Wildman–Crippen MR) is 91.9 cm³/mol. The lowest BCUT2D eigenvalue weighted by Crippen LogP contribution is -2.31. The molecule has 24 heavy (non-hydrogen) atoms. The van der Waals surface area contributed by atoms with E-state index in [4.69, 9.17) is 4.42 Å². The molecule has 0 spiro atoms. The average molecular weight is 322 g/mol. The maximum absolute atomic E-state index is 12.8. The molecule has 0 fully saturated rings. The van der Waals surface area contributed by atoms with Crippen LogP contribution in [0.25, 0.3) is 0 Å². The normalized spacial score (nSPS) is 10.4. The van der Waals surface area contributed by atoms with Gasteiger partial charge in [-0.2, -0.15) is 0 Å². The van der Waals surface area contributed by atoms with Crippen molar-refractivity contribution >= 4 is 17.5 Å². The van der Waals surface area contributed by atoms with Gasteiger partial charge in [0.25, 0.3) is 5.91 Å².